The highest BCUT2D eigenvalue weighted by Crippen LogP contribution is 2.28. The summed E-state index contributed by atoms with van der Waals surface area (Å²) >= 11 is 5.92. The maximum absolute atomic E-state index is 9.58. The van der Waals surface area contributed by atoms with Crippen LogP contribution in [0.5, 0.6) is 5.75 Å². The SMILES string of the molecule is Oc1cccc(-c2cccc(-c3ccc(Cl)cc3)c2)c1. The summed E-state index contributed by atoms with van der Waals surface area (Å²) < 4.78 is 0. The van der Waals surface area contributed by atoms with Gasteiger partial charge in [-0.1, -0.05) is 54.1 Å². The summed E-state index contributed by atoms with van der Waals surface area (Å²) in [7, 11) is 0. The highest BCUT2D eigenvalue weighted by Gasteiger charge is 2.02. The van der Waals surface area contributed by atoms with Gasteiger partial charge >= 0.3 is 0 Å². The quantitative estimate of drug-likeness (QED) is 0.668. The van der Waals surface area contributed by atoms with Gasteiger partial charge in [0, 0.05) is 5.02 Å². The van der Waals surface area contributed by atoms with Crippen molar-refractivity contribution in [3.8, 4) is 28.0 Å². The number of rotatable bonds is 2. The molecule has 2 heteroatoms. The van der Waals surface area contributed by atoms with Crippen LogP contribution in [0.4, 0.5) is 0 Å². The molecule has 0 heterocycles. The molecule has 0 saturated carbocycles. The Morgan fingerprint density at radius 2 is 1.15 bits per heavy atom. The zero-order chi connectivity index (χ0) is 13.9. The lowest BCUT2D eigenvalue weighted by atomic mass is 9.99. The minimum absolute atomic E-state index is 0.277. The van der Waals surface area contributed by atoms with E-state index in [2.05, 4.69) is 12.1 Å². The molecule has 3 aromatic carbocycles. The normalized spacial score (nSPS) is 10.4. The van der Waals surface area contributed by atoms with Crippen molar-refractivity contribution in [1.82, 2.24) is 0 Å². The zero-order valence-electron chi connectivity index (χ0n) is 10.8. The second-order valence-electron chi connectivity index (χ2n) is 4.64. The molecule has 0 atom stereocenters. The molecule has 0 spiro atoms. The maximum Gasteiger partial charge on any atom is 0.116 e. The fraction of sp³-hybridized carbons (Fsp3) is 0. The van der Waals surface area contributed by atoms with Crippen molar-refractivity contribution < 1.29 is 5.11 Å². The van der Waals surface area contributed by atoms with Gasteiger partial charge in [-0.05, 0) is 52.6 Å². The van der Waals surface area contributed by atoms with E-state index in [1.165, 1.54) is 0 Å². The number of phenols is 1. The van der Waals surface area contributed by atoms with E-state index in [0.717, 1.165) is 27.3 Å². The number of halogens is 1. The average Bonchev–Trinajstić information content (AvgIpc) is 2.48. The topological polar surface area (TPSA) is 20.2 Å². The van der Waals surface area contributed by atoms with Gasteiger partial charge in [-0.3, -0.25) is 0 Å². The fourth-order valence-electron chi connectivity index (χ4n) is 2.21. The van der Waals surface area contributed by atoms with Gasteiger partial charge in [0.1, 0.15) is 5.75 Å². The molecule has 0 amide bonds. The van der Waals surface area contributed by atoms with Crippen LogP contribution in [0.15, 0.2) is 72.8 Å². The minimum atomic E-state index is 0.277. The van der Waals surface area contributed by atoms with Gasteiger partial charge in [0.05, 0.1) is 0 Å². The van der Waals surface area contributed by atoms with Gasteiger partial charge in [-0.2, -0.15) is 0 Å². The predicted octanol–water partition coefficient (Wildman–Crippen LogP) is 5.38. The van der Waals surface area contributed by atoms with E-state index in [1.54, 1.807) is 12.1 Å². The molecule has 3 rings (SSSR count). The molecule has 0 fully saturated rings. The van der Waals surface area contributed by atoms with E-state index >= 15 is 0 Å². The molecule has 0 unspecified atom stereocenters. The highest BCUT2D eigenvalue weighted by atomic mass is 35.5. The van der Waals surface area contributed by atoms with Crippen molar-refractivity contribution in [2.24, 2.45) is 0 Å². The van der Waals surface area contributed by atoms with Crippen LogP contribution < -0.4 is 0 Å². The van der Waals surface area contributed by atoms with E-state index in [4.69, 9.17) is 11.6 Å². The highest BCUT2D eigenvalue weighted by molar-refractivity contribution is 6.30. The van der Waals surface area contributed by atoms with E-state index < -0.39 is 0 Å². The number of phenolic OH excluding ortho intramolecular Hbond substituents is 1. The number of hydrogen-bond acceptors (Lipinski definition) is 1. The summed E-state index contributed by atoms with van der Waals surface area (Å²) in [4.78, 5) is 0. The summed E-state index contributed by atoms with van der Waals surface area (Å²) in [6.45, 7) is 0. The standard InChI is InChI=1S/C18H13ClO/c19-17-9-7-13(8-10-17)14-3-1-4-15(11-14)16-5-2-6-18(20)12-16/h1-12,20H. The van der Waals surface area contributed by atoms with Gasteiger partial charge < -0.3 is 5.11 Å². The van der Waals surface area contributed by atoms with Crippen LogP contribution in [-0.2, 0) is 0 Å². The Morgan fingerprint density at radius 1 is 0.600 bits per heavy atom. The molecule has 3 aromatic rings. The Labute approximate surface area is 123 Å². The lowest BCUT2D eigenvalue weighted by Gasteiger charge is -2.06. The summed E-state index contributed by atoms with van der Waals surface area (Å²) in [5, 5.41) is 10.3. The second-order valence-corrected chi connectivity index (χ2v) is 5.07. The van der Waals surface area contributed by atoms with Gasteiger partial charge in [-0.25, -0.2) is 0 Å². The van der Waals surface area contributed by atoms with Crippen LogP contribution in [0.2, 0.25) is 5.02 Å². The van der Waals surface area contributed by atoms with Crippen LogP contribution in [0.25, 0.3) is 22.3 Å². The molecule has 0 aliphatic heterocycles. The third kappa shape index (κ3) is 2.68. The van der Waals surface area contributed by atoms with Crippen molar-refractivity contribution in [3.63, 3.8) is 0 Å². The Hall–Kier alpha value is -2.25. The molecule has 0 bridgehead atoms. The second kappa shape index (κ2) is 5.40. The van der Waals surface area contributed by atoms with Gasteiger partial charge in [-0.15, -0.1) is 0 Å². The maximum atomic E-state index is 9.58. The number of aromatic hydroxyl groups is 1. The molecule has 0 aromatic heterocycles. The summed E-state index contributed by atoms with van der Waals surface area (Å²) in [5.41, 5.74) is 4.33. The predicted molar refractivity (Wildman–Crippen MR) is 84.0 cm³/mol. The molecule has 1 N–H and O–H groups in total. The first-order valence-electron chi connectivity index (χ1n) is 6.38. The molecule has 20 heavy (non-hydrogen) atoms. The fourth-order valence-corrected chi connectivity index (χ4v) is 2.33. The van der Waals surface area contributed by atoms with Crippen LogP contribution >= 0.6 is 11.6 Å². The van der Waals surface area contributed by atoms with Gasteiger partial charge in [0.2, 0.25) is 0 Å². The summed E-state index contributed by atoms with van der Waals surface area (Å²) in [6, 6.07) is 23.3. The molecule has 0 radical (unpaired) electrons. The Morgan fingerprint density at radius 3 is 1.80 bits per heavy atom. The molecule has 1 nitrogen and oxygen atoms in total. The lowest BCUT2D eigenvalue weighted by Crippen LogP contribution is -1.81. The van der Waals surface area contributed by atoms with Crippen LogP contribution in [0, 0.1) is 0 Å². The first-order chi connectivity index (χ1) is 9.72. The number of hydrogen-bond donors (Lipinski definition) is 1. The van der Waals surface area contributed by atoms with Crippen molar-refractivity contribution >= 4 is 11.6 Å². The van der Waals surface area contributed by atoms with Gasteiger partial charge in [0.15, 0.2) is 0 Å². The smallest absolute Gasteiger partial charge is 0.116 e. The minimum Gasteiger partial charge on any atom is -0.508 e. The van der Waals surface area contributed by atoms with E-state index in [9.17, 15) is 5.11 Å². The van der Waals surface area contributed by atoms with Crippen molar-refractivity contribution in [2.75, 3.05) is 0 Å². The van der Waals surface area contributed by atoms with Crippen molar-refractivity contribution in [2.45, 2.75) is 0 Å². The molecule has 98 valence electrons. The monoisotopic (exact) mass is 280 g/mol. The first kappa shape index (κ1) is 12.8. The Kier molecular flexibility index (Phi) is 3.44. The van der Waals surface area contributed by atoms with E-state index in [1.807, 2.05) is 48.5 Å². The van der Waals surface area contributed by atoms with E-state index in [0.29, 0.717) is 0 Å². The van der Waals surface area contributed by atoms with Crippen LogP contribution in [0.1, 0.15) is 0 Å². The Balaban J connectivity index is 2.03. The van der Waals surface area contributed by atoms with Gasteiger partial charge in [0.25, 0.3) is 0 Å². The third-order valence-corrected chi connectivity index (χ3v) is 3.47. The molecule has 0 aliphatic rings. The van der Waals surface area contributed by atoms with Crippen molar-refractivity contribution in [1.29, 1.82) is 0 Å². The Bertz CT molecular complexity index is 732. The molecule has 0 saturated heterocycles. The zero-order valence-corrected chi connectivity index (χ0v) is 11.5. The van der Waals surface area contributed by atoms with Crippen molar-refractivity contribution in [3.05, 3.63) is 77.8 Å². The summed E-state index contributed by atoms with van der Waals surface area (Å²) in [6.07, 6.45) is 0. The number of benzene rings is 3. The molecular weight excluding hydrogens is 268 g/mol. The third-order valence-electron chi connectivity index (χ3n) is 3.22. The van der Waals surface area contributed by atoms with E-state index in [-0.39, 0.29) is 5.75 Å². The molecule has 0 aliphatic carbocycles. The lowest BCUT2D eigenvalue weighted by molar-refractivity contribution is 0.475. The summed E-state index contributed by atoms with van der Waals surface area (Å²) in [5.74, 6) is 0.277. The molecular formula is C18H13ClO. The van der Waals surface area contributed by atoms with Crippen LogP contribution in [-0.4, -0.2) is 5.11 Å². The van der Waals surface area contributed by atoms with Crippen LogP contribution in [0.3, 0.4) is 0 Å². The largest absolute Gasteiger partial charge is 0.508 e. The first-order valence-corrected chi connectivity index (χ1v) is 6.75. The average molecular weight is 281 g/mol.